The Morgan fingerprint density at radius 1 is 1.38 bits per heavy atom. The zero-order valence-corrected chi connectivity index (χ0v) is 10.2. The van der Waals surface area contributed by atoms with E-state index in [2.05, 4.69) is 36.8 Å². The number of pyridine rings is 1. The molecule has 0 amide bonds. The van der Waals surface area contributed by atoms with E-state index in [9.17, 15) is 0 Å². The lowest BCUT2D eigenvalue weighted by Gasteiger charge is -2.11. The first kappa shape index (κ1) is 9.62. The Hall–Kier alpha value is 0.0700. The van der Waals surface area contributed by atoms with Crippen LogP contribution in [0.1, 0.15) is 24.4 Å². The van der Waals surface area contributed by atoms with Gasteiger partial charge >= 0.3 is 0 Å². The zero-order valence-electron chi connectivity index (χ0n) is 7.00. The zero-order chi connectivity index (χ0) is 9.42. The van der Waals surface area contributed by atoms with Gasteiger partial charge in [0.25, 0.3) is 0 Å². The third kappa shape index (κ3) is 2.11. The van der Waals surface area contributed by atoms with Gasteiger partial charge in [0.05, 0.1) is 0 Å². The Balaban J connectivity index is 2.28. The number of nitrogens with zero attached hydrogens (tertiary/aromatic N) is 1. The molecule has 2 rings (SSSR count). The van der Waals surface area contributed by atoms with Crippen LogP contribution >= 0.6 is 31.9 Å². The number of hydrogen-bond donors (Lipinski definition) is 1. The molecule has 0 aromatic carbocycles. The summed E-state index contributed by atoms with van der Waals surface area (Å²) in [5.41, 5.74) is 7.18. The van der Waals surface area contributed by atoms with E-state index in [0.29, 0.717) is 5.92 Å². The van der Waals surface area contributed by atoms with Gasteiger partial charge in [-0.15, -0.1) is 0 Å². The molecular formula is C9H10Br2N2. The van der Waals surface area contributed by atoms with Gasteiger partial charge in [-0.3, -0.25) is 0 Å². The maximum atomic E-state index is 6.07. The van der Waals surface area contributed by atoms with Gasteiger partial charge in [-0.1, -0.05) is 6.07 Å². The largest absolute Gasteiger partial charge is 0.324 e. The molecule has 1 fully saturated rings. The molecule has 70 valence electrons. The Morgan fingerprint density at radius 3 is 2.62 bits per heavy atom. The number of nitrogens with two attached hydrogens (primary N) is 1. The molecule has 0 bridgehead atoms. The molecule has 13 heavy (non-hydrogen) atoms. The lowest BCUT2D eigenvalue weighted by atomic mass is 10.1. The molecule has 0 saturated heterocycles. The molecule has 2 N–H and O–H groups in total. The van der Waals surface area contributed by atoms with E-state index in [1.165, 1.54) is 12.8 Å². The van der Waals surface area contributed by atoms with E-state index in [1.807, 2.05) is 12.1 Å². The van der Waals surface area contributed by atoms with Crippen molar-refractivity contribution in [2.45, 2.75) is 18.9 Å². The molecule has 1 aliphatic carbocycles. The molecule has 0 aliphatic heterocycles. The predicted molar refractivity (Wildman–Crippen MR) is 59.3 cm³/mol. The highest BCUT2D eigenvalue weighted by Crippen LogP contribution is 2.41. The van der Waals surface area contributed by atoms with Gasteiger partial charge in [-0.25, -0.2) is 4.98 Å². The first-order valence-corrected chi connectivity index (χ1v) is 5.84. The lowest BCUT2D eigenvalue weighted by Crippen LogP contribution is -2.13. The summed E-state index contributed by atoms with van der Waals surface area (Å²) in [6, 6.07) is 4.11. The minimum absolute atomic E-state index is 0.148. The Kier molecular flexibility index (Phi) is 2.72. The molecular weight excluding hydrogens is 296 g/mol. The Labute approximate surface area is 94.2 Å². The van der Waals surface area contributed by atoms with Gasteiger partial charge < -0.3 is 5.73 Å². The van der Waals surface area contributed by atoms with Crippen molar-refractivity contribution in [2.75, 3.05) is 0 Å². The summed E-state index contributed by atoms with van der Waals surface area (Å²) in [4.78, 5) is 4.26. The van der Waals surface area contributed by atoms with Gasteiger partial charge in [0.15, 0.2) is 0 Å². The van der Waals surface area contributed by atoms with Gasteiger partial charge in [0.2, 0.25) is 0 Å². The molecule has 2 nitrogen and oxygen atoms in total. The normalized spacial score (nSPS) is 18.7. The second-order valence-electron chi connectivity index (χ2n) is 3.38. The predicted octanol–water partition coefficient (Wildman–Crippen LogP) is 3.02. The average molecular weight is 306 g/mol. The van der Waals surface area contributed by atoms with E-state index < -0.39 is 0 Å². The topological polar surface area (TPSA) is 38.9 Å². The van der Waals surface area contributed by atoms with E-state index >= 15 is 0 Å². The number of aromatic nitrogens is 1. The van der Waals surface area contributed by atoms with Crippen LogP contribution in [0.5, 0.6) is 0 Å². The van der Waals surface area contributed by atoms with Crippen LogP contribution in [0, 0.1) is 5.92 Å². The van der Waals surface area contributed by atoms with Crippen molar-refractivity contribution in [2.24, 2.45) is 11.7 Å². The summed E-state index contributed by atoms with van der Waals surface area (Å²) in [6.45, 7) is 0. The van der Waals surface area contributed by atoms with E-state index in [-0.39, 0.29) is 6.04 Å². The Bertz CT molecular complexity index is 323. The van der Waals surface area contributed by atoms with Crippen molar-refractivity contribution in [3.8, 4) is 0 Å². The standard InChI is InChI=1S/C9H10Br2N2/c10-7-4-3-6(9(11)13-7)8(12)5-1-2-5/h3-5,8H,1-2,12H2/t8-/m0/s1. The van der Waals surface area contributed by atoms with Crippen LogP contribution in [0.25, 0.3) is 0 Å². The van der Waals surface area contributed by atoms with E-state index in [4.69, 9.17) is 5.73 Å². The van der Waals surface area contributed by atoms with Crippen LogP contribution in [0.15, 0.2) is 21.3 Å². The fraction of sp³-hybridized carbons (Fsp3) is 0.444. The van der Waals surface area contributed by atoms with Gasteiger partial charge in [0, 0.05) is 11.6 Å². The molecule has 0 spiro atoms. The number of rotatable bonds is 2. The third-order valence-electron chi connectivity index (χ3n) is 2.33. The van der Waals surface area contributed by atoms with Crippen LogP contribution in [-0.4, -0.2) is 4.98 Å². The van der Waals surface area contributed by atoms with Gasteiger partial charge in [0.1, 0.15) is 9.21 Å². The lowest BCUT2D eigenvalue weighted by molar-refractivity contribution is 0.627. The Morgan fingerprint density at radius 2 is 2.08 bits per heavy atom. The fourth-order valence-electron chi connectivity index (χ4n) is 1.38. The fourth-order valence-corrected chi connectivity index (χ4v) is 2.52. The maximum Gasteiger partial charge on any atom is 0.112 e. The molecule has 1 aliphatic rings. The quantitative estimate of drug-likeness (QED) is 0.853. The molecule has 1 saturated carbocycles. The molecule has 4 heteroatoms. The highest BCUT2D eigenvalue weighted by molar-refractivity contribution is 9.11. The summed E-state index contributed by atoms with van der Waals surface area (Å²) < 4.78 is 1.70. The molecule has 1 aromatic heterocycles. The molecule has 1 atom stereocenters. The molecule has 0 radical (unpaired) electrons. The van der Waals surface area contributed by atoms with E-state index in [0.717, 1.165) is 14.8 Å². The van der Waals surface area contributed by atoms with Crippen LogP contribution in [-0.2, 0) is 0 Å². The van der Waals surface area contributed by atoms with Crippen LogP contribution in [0.2, 0.25) is 0 Å². The first-order chi connectivity index (χ1) is 6.18. The van der Waals surface area contributed by atoms with Crippen molar-refractivity contribution >= 4 is 31.9 Å². The van der Waals surface area contributed by atoms with Crippen molar-refractivity contribution in [3.63, 3.8) is 0 Å². The van der Waals surface area contributed by atoms with Crippen molar-refractivity contribution in [1.82, 2.24) is 4.98 Å². The summed E-state index contributed by atoms with van der Waals surface area (Å²) in [5, 5.41) is 0. The van der Waals surface area contributed by atoms with Crippen molar-refractivity contribution in [1.29, 1.82) is 0 Å². The average Bonchev–Trinajstić information content (AvgIpc) is 2.85. The van der Waals surface area contributed by atoms with Crippen LogP contribution in [0.3, 0.4) is 0 Å². The molecule has 0 unspecified atom stereocenters. The highest BCUT2D eigenvalue weighted by Gasteiger charge is 2.30. The van der Waals surface area contributed by atoms with Gasteiger partial charge in [-0.05, 0) is 56.7 Å². The molecule has 1 heterocycles. The summed E-state index contributed by atoms with van der Waals surface area (Å²) >= 11 is 6.74. The van der Waals surface area contributed by atoms with Crippen molar-refractivity contribution < 1.29 is 0 Å². The SMILES string of the molecule is N[C@H](c1ccc(Br)nc1Br)C1CC1. The second-order valence-corrected chi connectivity index (χ2v) is 4.94. The van der Waals surface area contributed by atoms with Crippen LogP contribution in [0.4, 0.5) is 0 Å². The summed E-state index contributed by atoms with van der Waals surface area (Å²) in [7, 11) is 0. The summed E-state index contributed by atoms with van der Waals surface area (Å²) in [5.74, 6) is 0.666. The number of hydrogen-bond acceptors (Lipinski definition) is 2. The maximum absolute atomic E-state index is 6.07. The smallest absolute Gasteiger partial charge is 0.112 e. The van der Waals surface area contributed by atoms with Crippen molar-refractivity contribution in [3.05, 3.63) is 26.9 Å². The summed E-state index contributed by atoms with van der Waals surface area (Å²) in [6.07, 6.45) is 2.51. The first-order valence-electron chi connectivity index (χ1n) is 4.26. The third-order valence-corrected chi connectivity index (χ3v) is 3.41. The second kappa shape index (κ2) is 3.67. The monoisotopic (exact) mass is 304 g/mol. The van der Waals surface area contributed by atoms with Crippen LogP contribution < -0.4 is 5.73 Å². The number of halogens is 2. The minimum Gasteiger partial charge on any atom is -0.324 e. The molecule has 1 aromatic rings. The highest BCUT2D eigenvalue weighted by atomic mass is 79.9. The minimum atomic E-state index is 0.148. The van der Waals surface area contributed by atoms with E-state index in [1.54, 1.807) is 0 Å². The van der Waals surface area contributed by atoms with Gasteiger partial charge in [-0.2, -0.15) is 0 Å².